The van der Waals surface area contributed by atoms with Crippen molar-refractivity contribution in [3.63, 3.8) is 0 Å². The fourth-order valence-electron chi connectivity index (χ4n) is 2.56. The molecular weight excluding hydrogens is 230 g/mol. The van der Waals surface area contributed by atoms with Crippen LogP contribution in [0.2, 0.25) is 0 Å². The van der Waals surface area contributed by atoms with Crippen LogP contribution in [-0.2, 0) is 6.54 Å². The van der Waals surface area contributed by atoms with Crippen LogP contribution in [0.3, 0.4) is 0 Å². The van der Waals surface area contributed by atoms with Crippen LogP contribution >= 0.6 is 11.3 Å². The van der Waals surface area contributed by atoms with Gasteiger partial charge in [0.05, 0.1) is 5.60 Å². The molecule has 2 nitrogen and oxygen atoms in total. The van der Waals surface area contributed by atoms with Gasteiger partial charge in [-0.3, -0.25) is 0 Å². The third kappa shape index (κ3) is 3.80. The number of aliphatic hydroxyl groups is 1. The van der Waals surface area contributed by atoms with E-state index in [1.54, 1.807) is 11.3 Å². The Morgan fingerprint density at radius 2 is 2.00 bits per heavy atom. The van der Waals surface area contributed by atoms with E-state index in [4.69, 9.17) is 0 Å². The molecule has 0 radical (unpaired) electrons. The molecule has 2 rings (SSSR count). The predicted molar refractivity (Wildman–Crippen MR) is 73.4 cm³/mol. The Labute approximate surface area is 108 Å². The fraction of sp³-hybridized carbons (Fsp3) is 0.714. The number of aryl methyl sites for hydroxylation is 1. The minimum atomic E-state index is -0.457. The van der Waals surface area contributed by atoms with Crippen LogP contribution in [0.4, 0.5) is 0 Å². The Morgan fingerprint density at radius 3 is 2.59 bits per heavy atom. The van der Waals surface area contributed by atoms with E-state index in [1.165, 1.54) is 36.1 Å². The van der Waals surface area contributed by atoms with Crippen molar-refractivity contribution in [1.82, 2.24) is 5.32 Å². The molecular formula is C14H23NOS. The SMILES string of the molecule is Cc1ccsc1CNCC1(O)CCCCCC1. The summed E-state index contributed by atoms with van der Waals surface area (Å²) in [6, 6.07) is 2.15. The summed E-state index contributed by atoms with van der Waals surface area (Å²) >= 11 is 1.80. The van der Waals surface area contributed by atoms with Gasteiger partial charge in [0, 0.05) is 18.0 Å². The summed E-state index contributed by atoms with van der Waals surface area (Å²) in [4.78, 5) is 1.39. The molecule has 0 saturated heterocycles. The zero-order chi connectivity index (χ0) is 12.1. The number of hydrogen-bond donors (Lipinski definition) is 2. The lowest BCUT2D eigenvalue weighted by molar-refractivity contribution is 0.0251. The highest BCUT2D eigenvalue weighted by molar-refractivity contribution is 7.10. The molecule has 0 amide bonds. The number of thiophene rings is 1. The molecule has 1 heterocycles. The first-order valence-corrected chi connectivity index (χ1v) is 7.54. The van der Waals surface area contributed by atoms with Gasteiger partial charge in [0.1, 0.15) is 0 Å². The summed E-state index contributed by atoms with van der Waals surface area (Å²) < 4.78 is 0. The molecule has 17 heavy (non-hydrogen) atoms. The van der Waals surface area contributed by atoms with Crippen LogP contribution < -0.4 is 5.32 Å². The summed E-state index contributed by atoms with van der Waals surface area (Å²) in [6.45, 7) is 3.78. The van der Waals surface area contributed by atoms with Crippen LogP contribution in [0.25, 0.3) is 0 Å². The van der Waals surface area contributed by atoms with Gasteiger partial charge in [0.2, 0.25) is 0 Å². The first-order valence-electron chi connectivity index (χ1n) is 6.66. The lowest BCUT2D eigenvalue weighted by Crippen LogP contribution is -2.39. The Morgan fingerprint density at radius 1 is 1.29 bits per heavy atom. The molecule has 0 atom stereocenters. The molecule has 1 aliphatic rings. The van der Waals surface area contributed by atoms with Crippen molar-refractivity contribution < 1.29 is 5.11 Å². The van der Waals surface area contributed by atoms with Crippen molar-refractivity contribution >= 4 is 11.3 Å². The van der Waals surface area contributed by atoms with Gasteiger partial charge in [0.25, 0.3) is 0 Å². The molecule has 1 aromatic rings. The van der Waals surface area contributed by atoms with E-state index in [2.05, 4.69) is 23.7 Å². The molecule has 0 aliphatic heterocycles. The molecule has 0 aromatic carbocycles. The maximum Gasteiger partial charge on any atom is 0.0771 e. The first kappa shape index (κ1) is 13.1. The number of nitrogens with one attached hydrogen (secondary N) is 1. The maximum absolute atomic E-state index is 10.5. The molecule has 0 unspecified atom stereocenters. The minimum Gasteiger partial charge on any atom is -0.389 e. The Hall–Kier alpha value is -0.380. The van der Waals surface area contributed by atoms with Crippen molar-refractivity contribution in [2.75, 3.05) is 6.54 Å². The second-order valence-corrected chi connectivity index (χ2v) is 6.27. The van der Waals surface area contributed by atoms with Crippen LogP contribution in [0.5, 0.6) is 0 Å². The molecule has 3 heteroatoms. The zero-order valence-electron chi connectivity index (χ0n) is 10.7. The largest absolute Gasteiger partial charge is 0.389 e. The molecule has 1 saturated carbocycles. The van der Waals surface area contributed by atoms with Crippen molar-refractivity contribution in [1.29, 1.82) is 0 Å². The van der Waals surface area contributed by atoms with Crippen LogP contribution in [0.15, 0.2) is 11.4 Å². The quantitative estimate of drug-likeness (QED) is 0.807. The van der Waals surface area contributed by atoms with Crippen molar-refractivity contribution in [3.05, 3.63) is 21.9 Å². The van der Waals surface area contributed by atoms with Gasteiger partial charge in [-0.1, -0.05) is 25.7 Å². The van der Waals surface area contributed by atoms with Crippen LogP contribution in [0, 0.1) is 6.92 Å². The maximum atomic E-state index is 10.5. The summed E-state index contributed by atoms with van der Waals surface area (Å²) in [5.74, 6) is 0. The summed E-state index contributed by atoms with van der Waals surface area (Å²) in [5, 5.41) is 16.0. The lowest BCUT2D eigenvalue weighted by atomic mass is 9.94. The van der Waals surface area contributed by atoms with Crippen molar-refractivity contribution in [2.24, 2.45) is 0 Å². The van der Waals surface area contributed by atoms with Crippen LogP contribution in [-0.4, -0.2) is 17.3 Å². The molecule has 0 bridgehead atoms. The Kier molecular flexibility index (Phi) is 4.60. The molecule has 2 N–H and O–H groups in total. The van der Waals surface area contributed by atoms with Gasteiger partial charge in [-0.2, -0.15) is 0 Å². The van der Waals surface area contributed by atoms with Crippen molar-refractivity contribution in [3.8, 4) is 0 Å². The summed E-state index contributed by atoms with van der Waals surface area (Å²) in [6.07, 6.45) is 6.85. The Balaban J connectivity index is 1.79. The second-order valence-electron chi connectivity index (χ2n) is 5.27. The van der Waals surface area contributed by atoms with Gasteiger partial charge in [0.15, 0.2) is 0 Å². The first-order chi connectivity index (χ1) is 8.20. The van der Waals surface area contributed by atoms with Gasteiger partial charge < -0.3 is 10.4 Å². The average Bonchev–Trinajstić information content (AvgIpc) is 2.58. The molecule has 0 spiro atoms. The van der Waals surface area contributed by atoms with E-state index < -0.39 is 5.60 Å². The molecule has 1 aliphatic carbocycles. The molecule has 1 aromatic heterocycles. The predicted octanol–water partition coefficient (Wildman–Crippen LogP) is 3.23. The van der Waals surface area contributed by atoms with E-state index in [-0.39, 0.29) is 0 Å². The van der Waals surface area contributed by atoms with E-state index in [0.717, 1.165) is 25.9 Å². The van der Waals surface area contributed by atoms with Gasteiger partial charge in [-0.15, -0.1) is 11.3 Å². The van der Waals surface area contributed by atoms with E-state index in [0.29, 0.717) is 0 Å². The third-order valence-electron chi connectivity index (χ3n) is 3.74. The van der Waals surface area contributed by atoms with Crippen LogP contribution in [0.1, 0.15) is 49.0 Å². The summed E-state index contributed by atoms with van der Waals surface area (Å²) in [7, 11) is 0. The number of rotatable bonds is 4. The number of hydrogen-bond acceptors (Lipinski definition) is 3. The minimum absolute atomic E-state index is 0.457. The van der Waals surface area contributed by atoms with Gasteiger partial charge in [-0.25, -0.2) is 0 Å². The summed E-state index contributed by atoms with van der Waals surface area (Å²) in [5.41, 5.74) is 0.900. The lowest BCUT2D eigenvalue weighted by Gasteiger charge is -2.26. The highest BCUT2D eigenvalue weighted by atomic mass is 32.1. The normalized spacial score (nSPS) is 20.1. The second kappa shape index (κ2) is 5.98. The van der Waals surface area contributed by atoms with Crippen molar-refractivity contribution in [2.45, 2.75) is 57.6 Å². The Bertz CT molecular complexity index is 340. The highest BCUT2D eigenvalue weighted by Gasteiger charge is 2.27. The van der Waals surface area contributed by atoms with E-state index in [1.807, 2.05) is 0 Å². The monoisotopic (exact) mass is 253 g/mol. The average molecular weight is 253 g/mol. The fourth-order valence-corrected chi connectivity index (χ4v) is 3.43. The topological polar surface area (TPSA) is 32.3 Å². The van der Waals surface area contributed by atoms with E-state index in [9.17, 15) is 5.11 Å². The van der Waals surface area contributed by atoms with Gasteiger partial charge in [-0.05, 0) is 36.8 Å². The zero-order valence-corrected chi connectivity index (χ0v) is 11.5. The highest BCUT2D eigenvalue weighted by Crippen LogP contribution is 2.26. The van der Waals surface area contributed by atoms with E-state index >= 15 is 0 Å². The third-order valence-corrected chi connectivity index (χ3v) is 4.77. The van der Waals surface area contributed by atoms with Gasteiger partial charge >= 0.3 is 0 Å². The standard InChI is InChI=1S/C14H23NOS/c1-12-6-9-17-13(12)10-15-11-14(16)7-4-2-3-5-8-14/h6,9,15-16H,2-5,7-8,10-11H2,1H3. The molecule has 96 valence electrons. The smallest absolute Gasteiger partial charge is 0.0771 e. The molecule has 1 fully saturated rings.